The predicted octanol–water partition coefficient (Wildman–Crippen LogP) is 6.46. The number of esters is 1. The van der Waals surface area contributed by atoms with Crippen molar-refractivity contribution in [2.24, 2.45) is 0 Å². The monoisotopic (exact) mass is 542 g/mol. The van der Waals surface area contributed by atoms with E-state index in [0.717, 1.165) is 47.7 Å². The van der Waals surface area contributed by atoms with Crippen LogP contribution in [0.5, 0.6) is 5.75 Å². The molecular formula is C24H19BrN2O4S2. The van der Waals surface area contributed by atoms with Gasteiger partial charge in [0.15, 0.2) is 6.79 Å². The molecule has 0 N–H and O–H groups in total. The Labute approximate surface area is 207 Å². The van der Waals surface area contributed by atoms with Crippen molar-refractivity contribution >= 4 is 55.2 Å². The first-order chi connectivity index (χ1) is 16.1. The summed E-state index contributed by atoms with van der Waals surface area (Å²) in [5.41, 5.74) is 4.48. The zero-order valence-electron chi connectivity index (χ0n) is 17.7. The number of hydrogen-bond donors (Lipinski definition) is 0. The molecular weight excluding hydrogens is 524 g/mol. The summed E-state index contributed by atoms with van der Waals surface area (Å²) >= 11 is 6.70. The third-order valence-electron chi connectivity index (χ3n) is 5.15. The van der Waals surface area contributed by atoms with E-state index in [1.165, 1.54) is 0 Å². The molecule has 0 unspecified atom stereocenters. The predicted molar refractivity (Wildman–Crippen MR) is 133 cm³/mol. The first-order valence-electron chi connectivity index (χ1n) is 10.3. The molecule has 5 rings (SSSR count). The molecule has 33 heavy (non-hydrogen) atoms. The number of aromatic nitrogens is 2. The SMILES string of the molecule is CCOC(=O)c1cc2c(c(CSc3ncnc4scc(-c5ccc(Br)cc5)c34)c1)OCOC2. The molecule has 0 bridgehead atoms. The number of ether oxygens (including phenoxy) is 3. The van der Waals surface area contributed by atoms with Crippen molar-refractivity contribution in [1.29, 1.82) is 0 Å². The van der Waals surface area contributed by atoms with Crippen LogP contribution in [0.15, 0.2) is 57.6 Å². The van der Waals surface area contributed by atoms with E-state index in [-0.39, 0.29) is 12.8 Å². The number of fused-ring (bicyclic) bond motifs is 2. The Bertz CT molecular complexity index is 1320. The van der Waals surface area contributed by atoms with Crippen molar-refractivity contribution in [2.45, 2.75) is 24.3 Å². The van der Waals surface area contributed by atoms with Crippen LogP contribution in [0.3, 0.4) is 0 Å². The van der Waals surface area contributed by atoms with Crippen LogP contribution < -0.4 is 4.74 Å². The highest BCUT2D eigenvalue weighted by atomic mass is 79.9. The molecule has 0 radical (unpaired) electrons. The van der Waals surface area contributed by atoms with Gasteiger partial charge in [0.25, 0.3) is 0 Å². The van der Waals surface area contributed by atoms with Gasteiger partial charge in [0.1, 0.15) is 21.9 Å². The van der Waals surface area contributed by atoms with E-state index in [1.54, 1.807) is 42.4 Å². The van der Waals surface area contributed by atoms with E-state index in [2.05, 4.69) is 43.4 Å². The van der Waals surface area contributed by atoms with E-state index in [0.29, 0.717) is 24.5 Å². The number of thiophene rings is 1. The molecule has 0 atom stereocenters. The average Bonchev–Trinajstić information content (AvgIpc) is 3.28. The highest BCUT2D eigenvalue weighted by molar-refractivity contribution is 9.10. The largest absolute Gasteiger partial charge is 0.467 e. The molecule has 0 fully saturated rings. The second-order valence-corrected chi connectivity index (χ2v) is 10.00. The molecule has 1 aliphatic rings. The maximum Gasteiger partial charge on any atom is 0.338 e. The lowest BCUT2D eigenvalue weighted by Gasteiger charge is -2.21. The lowest BCUT2D eigenvalue weighted by Crippen LogP contribution is -2.15. The molecule has 6 nitrogen and oxygen atoms in total. The van der Waals surface area contributed by atoms with Crippen LogP contribution in [-0.2, 0) is 21.8 Å². The van der Waals surface area contributed by atoms with Gasteiger partial charge in [-0.3, -0.25) is 0 Å². The minimum Gasteiger partial charge on any atom is -0.467 e. The van der Waals surface area contributed by atoms with Crippen LogP contribution in [-0.4, -0.2) is 29.3 Å². The van der Waals surface area contributed by atoms with Gasteiger partial charge >= 0.3 is 5.97 Å². The number of hydrogen-bond acceptors (Lipinski definition) is 8. The molecule has 2 aromatic carbocycles. The molecule has 9 heteroatoms. The van der Waals surface area contributed by atoms with Gasteiger partial charge in [-0.1, -0.05) is 28.1 Å². The van der Waals surface area contributed by atoms with Crippen LogP contribution in [0.4, 0.5) is 0 Å². The maximum atomic E-state index is 12.4. The quantitative estimate of drug-likeness (QED) is 0.157. The third kappa shape index (κ3) is 4.63. The van der Waals surface area contributed by atoms with Crippen LogP contribution in [0.1, 0.15) is 28.4 Å². The highest BCUT2D eigenvalue weighted by Crippen LogP contribution is 2.40. The Morgan fingerprint density at radius 1 is 1.24 bits per heavy atom. The van der Waals surface area contributed by atoms with Gasteiger partial charge < -0.3 is 14.2 Å². The second kappa shape index (κ2) is 9.80. The summed E-state index contributed by atoms with van der Waals surface area (Å²) in [6.45, 7) is 2.71. The molecule has 0 saturated heterocycles. The number of rotatable bonds is 6. The Kier molecular flexibility index (Phi) is 6.64. The molecule has 4 aromatic rings. The van der Waals surface area contributed by atoms with Crippen molar-refractivity contribution in [1.82, 2.24) is 9.97 Å². The summed E-state index contributed by atoms with van der Waals surface area (Å²) in [7, 11) is 0. The summed E-state index contributed by atoms with van der Waals surface area (Å²) in [6.07, 6.45) is 1.60. The highest BCUT2D eigenvalue weighted by Gasteiger charge is 2.21. The van der Waals surface area contributed by atoms with Crippen LogP contribution in [0.2, 0.25) is 0 Å². The topological polar surface area (TPSA) is 70.5 Å². The number of nitrogens with zero attached hydrogens (tertiary/aromatic N) is 2. The molecule has 1 aliphatic heterocycles. The Balaban J connectivity index is 1.50. The second-order valence-electron chi connectivity index (χ2n) is 7.26. The molecule has 2 aromatic heterocycles. The molecule has 0 amide bonds. The van der Waals surface area contributed by atoms with Crippen LogP contribution in [0.25, 0.3) is 21.3 Å². The van der Waals surface area contributed by atoms with Gasteiger partial charge in [0.2, 0.25) is 0 Å². The van der Waals surface area contributed by atoms with E-state index < -0.39 is 0 Å². The van der Waals surface area contributed by atoms with Crippen molar-refractivity contribution in [3.8, 4) is 16.9 Å². The number of benzene rings is 2. The number of carbonyl (C=O) groups is 1. The van der Waals surface area contributed by atoms with Gasteiger partial charge in [-0.05, 0) is 36.8 Å². The minimum atomic E-state index is -0.350. The zero-order chi connectivity index (χ0) is 22.8. The number of halogens is 1. The van der Waals surface area contributed by atoms with Crippen molar-refractivity contribution in [3.63, 3.8) is 0 Å². The van der Waals surface area contributed by atoms with E-state index in [1.807, 2.05) is 18.2 Å². The molecule has 168 valence electrons. The maximum absolute atomic E-state index is 12.4. The van der Waals surface area contributed by atoms with Gasteiger partial charge in [-0.25, -0.2) is 14.8 Å². The van der Waals surface area contributed by atoms with Crippen molar-refractivity contribution < 1.29 is 19.0 Å². The standard InChI is InChI=1S/C24H19BrN2O4S2/c1-2-30-24(28)15-7-16-9-29-13-31-21(16)17(8-15)10-32-22-20-19(11-33-23(20)27-12-26-22)14-3-5-18(25)6-4-14/h3-8,11-12H,2,9-10,13H2,1H3. The molecule has 0 aliphatic carbocycles. The fourth-order valence-corrected chi connectivity index (χ4v) is 5.91. The first-order valence-corrected chi connectivity index (χ1v) is 12.9. The molecule has 0 saturated carbocycles. The summed E-state index contributed by atoms with van der Waals surface area (Å²) in [6, 6.07) is 11.9. The Morgan fingerprint density at radius 3 is 2.91 bits per heavy atom. The summed E-state index contributed by atoms with van der Waals surface area (Å²) in [5.74, 6) is 1.000. The Morgan fingerprint density at radius 2 is 2.09 bits per heavy atom. The van der Waals surface area contributed by atoms with Crippen LogP contribution in [0, 0.1) is 0 Å². The molecule has 0 spiro atoms. The number of thioether (sulfide) groups is 1. The van der Waals surface area contributed by atoms with Gasteiger partial charge in [-0.15, -0.1) is 23.1 Å². The first kappa shape index (κ1) is 22.3. The zero-order valence-corrected chi connectivity index (χ0v) is 20.9. The lowest BCUT2D eigenvalue weighted by molar-refractivity contribution is -0.0169. The normalized spacial score (nSPS) is 12.9. The van der Waals surface area contributed by atoms with Gasteiger partial charge in [0, 0.05) is 32.3 Å². The summed E-state index contributed by atoms with van der Waals surface area (Å²) < 4.78 is 17.5. The minimum absolute atomic E-state index is 0.194. The van der Waals surface area contributed by atoms with E-state index >= 15 is 0 Å². The van der Waals surface area contributed by atoms with Crippen molar-refractivity contribution in [2.75, 3.05) is 13.4 Å². The summed E-state index contributed by atoms with van der Waals surface area (Å²) in [4.78, 5) is 22.4. The summed E-state index contributed by atoms with van der Waals surface area (Å²) in [5, 5.41) is 4.05. The lowest BCUT2D eigenvalue weighted by atomic mass is 10.0. The van der Waals surface area contributed by atoms with Crippen molar-refractivity contribution in [3.05, 3.63) is 69.3 Å². The number of carbonyl (C=O) groups excluding carboxylic acids is 1. The molecule has 3 heterocycles. The van der Waals surface area contributed by atoms with Gasteiger partial charge in [-0.2, -0.15) is 0 Å². The van der Waals surface area contributed by atoms with E-state index in [4.69, 9.17) is 14.2 Å². The van der Waals surface area contributed by atoms with E-state index in [9.17, 15) is 4.79 Å². The fraction of sp³-hybridized carbons (Fsp3) is 0.208. The average molecular weight is 543 g/mol. The van der Waals surface area contributed by atoms with Gasteiger partial charge in [0.05, 0.1) is 24.2 Å². The third-order valence-corrected chi connectivity index (χ3v) is 7.61. The van der Waals surface area contributed by atoms with Crippen LogP contribution >= 0.6 is 39.0 Å². The smallest absolute Gasteiger partial charge is 0.338 e. The fourth-order valence-electron chi connectivity index (χ4n) is 3.68. The Hall–Kier alpha value is -2.46.